The molecular weight excluding hydrogens is 504 g/mol. The van der Waals surface area contributed by atoms with Gasteiger partial charge in [0.25, 0.3) is 10.0 Å². The van der Waals surface area contributed by atoms with Crippen molar-refractivity contribution in [3.63, 3.8) is 0 Å². The summed E-state index contributed by atoms with van der Waals surface area (Å²) in [7, 11) is -4.06. The third kappa shape index (κ3) is 4.35. The number of aromatic nitrogens is 1. The van der Waals surface area contributed by atoms with Crippen molar-refractivity contribution in [2.24, 2.45) is 0 Å². The Bertz CT molecular complexity index is 1840. The van der Waals surface area contributed by atoms with E-state index in [0.29, 0.717) is 43.9 Å². The summed E-state index contributed by atoms with van der Waals surface area (Å²) in [6.45, 7) is 9.59. The van der Waals surface area contributed by atoms with E-state index in [2.05, 4.69) is 4.85 Å². The van der Waals surface area contributed by atoms with Crippen molar-refractivity contribution >= 4 is 49.3 Å². The van der Waals surface area contributed by atoms with Gasteiger partial charge in [0.15, 0.2) is 0 Å². The van der Waals surface area contributed by atoms with Gasteiger partial charge < -0.3 is 5.11 Å². The lowest BCUT2D eigenvalue weighted by atomic mass is 9.99. The average Bonchev–Trinajstić information content (AvgIpc) is 3.50. The fourth-order valence-corrected chi connectivity index (χ4v) is 6.58. The number of carboxylic acids is 1. The molecule has 5 rings (SSSR count). The molecule has 3 aromatic carbocycles. The Kier molecular flexibility index (Phi) is 6.25. The first kappa shape index (κ1) is 24.3. The lowest BCUT2D eigenvalue weighted by Crippen LogP contribution is -2.14. The highest BCUT2D eigenvalue weighted by molar-refractivity contribution is 7.90. The number of rotatable bonds is 6. The van der Waals surface area contributed by atoms with Crippen LogP contribution in [0.25, 0.3) is 44.2 Å². The van der Waals surface area contributed by atoms with Gasteiger partial charge in [0.05, 0.1) is 22.7 Å². The second kappa shape index (κ2) is 9.54. The van der Waals surface area contributed by atoms with Crippen molar-refractivity contribution in [1.82, 2.24) is 3.97 Å². The van der Waals surface area contributed by atoms with Gasteiger partial charge >= 0.3 is 5.97 Å². The minimum absolute atomic E-state index is 0.143. The van der Waals surface area contributed by atoms with Crippen LogP contribution >= 0.6 is 11.3 Å². The number of hydrogen-bond acceptors (Lipinski definition) is 4. The van der Waals surface area contributed by atoms with E-state index >= 15 is 0 Å². The van der Waals surface area contributed by atoms with Crippen LogP contribution in [-0.2, 0) is 14.8 Å². The summed E-state index contributed by atoms with van der Waals surface area (Å²) < 4.78 is 29.7. The monoisotopic (exact) mass is 524 g/mol. The van der Waals surface area contributed by atoms with Crippen LogP contribution in [0.1, 0.15) is 11.1 Å². The molecule has 5 aromatic rings. The van der Waals surface area contributed by atoms with E-state index in [4.69, 9.17) is 11.7 Å². The lowest BCUT2D eigenvalue weighted by molar-refractivity contribution is -0.131. The van der Waals surface area contributed by atoms with Crippen molar-refractivity contribution in [1.29, 1.82) is 0 Å². The molecular formula is C29H20N2O4S2. The van der Waals surface area contributed by atoms with Crippen LogP contribution in [0.3, 0.4) is 0 Å². The Hall–Kier alpha value is -4.45. The molecule has 37 heavy (non-hydrogen) atoms. The molecule has 0 fully saturated rings. The highest BCUT2D eigenvalue weighted by Gasteiger charge is 2.29. The molecule has 1 N–H and O–H groups in total. The minimum atomic E-state index is -4.06. The van der Waals surface area contributed by atoms with Crippen molar-refractivity contribution in [2.45, 2.75) is 11.8 Å². The molecule has 0 amide bonds. The van der Waals surface area contributed by atoms with Crippen LogP contribution < -0.4 is 0 Å². The molecule has 0 saturated heterocycles. The molecule has 0 radical (unpaired) electrons. The SMILES string of the molecule is [C-]#[N+]c1sccc1-c1c(-c2cccc(/C=C/C(=O)O)c2)n(S(=O)(=O)c2ccc(C)cc2)c2ccccc12. The van der Waals surface area contributed by atoms with Crippen LogP contribution in [0.4, 0.5) is 5.00 Å². The summed E-state index contributed by atoms with van der Waals surface area (Å²) in [6, 6.07) is 22.8. The Morgan fingerprint density at radius 1 is 1.03 bits per heavy atom. The summed E-state index contributed by atoms with van der Waals surface area (Å²) in [5.74, 6) is -1.08. The maximum Gasteiger partial charge on any atom is 0.328 e. The average molecular weight is 525 g/mol. The van der Waals surface area contributed by atoms with Crippen molar-refractivity contribution in [3.05, 3.63) is 113 Å². The Morgan fingerprint density at radius 2 is 1.78 bits per heavy atom. The predicted octanol–water partition coefficient (Wildman–Crippen LogP) is 7.23. The Balaban J connectivity index is 1.92. The number of carbonyl (C=O) groups is 1. The molecule has 2 heterocycles. The van der Waals surface area contributed by atoms with Crippen molar-refractivity contribution in [2.75, 3.05) is 0 Å². The van der Waals surface area contributed by atoms with Crippen molar-refractivity contribution < 1.29 is 18.3 Å². The van der Waals surface area contributed by atoms with E-state index in [1.807, 2.05) is 30.5 Å². The fourth-order valence-electron chi connectivity index (χ4n) is 4.35. The maximum absolute atomic E-state index is 14.2. The number of nitrogens with zero attached hydrogens (tertiary/aromatic N) is 2. The molecule has 0 unspecified atom stereocenters. The summed E-state index contributed by atoms with van der Waals surface area (Å²) >= 11 is 1.30. The molecule has 2 aromatic heterocycles. The summed E-state index contributed by atoms with van der Waals surface area (Å²) in [4.78, 5) is 14.9. The first-order valence-electron chi connectivity index (χ1n) is 11.2. The molecule has 0 spiro atoms. The second-order valence-corrected chi connectivity index (χ2v) is 11.1. The number of fused-ring (bicyclic) bond motifs is 1. The van der Waals surface area contributed by atoms with Crippen molar-refractivity contribution in [3.8, 4) is 22.4 Å². The third-order valence-electron chi connectivity index (χ3n) is 5.99. The number of aliphatic carboxylic acids is 1. The molecule has 0 atom stereocenters. The van der Waals surface area contributed by atoms with Gasteiger partial charge in [0.1, 0.15) is 0 Å². The number of benzene rings is 3. The van der Waals surface area contributed by atoms with Crippen LogP contribution in [0.15, 0.2) is 95.2 Å². The Morgan fingerprint density at radius 3 is 2.51 bits per heavy atom. The number of aryl methyl sites for hydroxylation is 1. The van der Waals surface area contributed by atoms with Gasteiger partial charge in [-0.25, -0.2) is 22.0 Å². The van der Waals surface area contributed by atoms with Crippen LogP contribution in [0, 0.1) is 13.5 Å². The highest BCUT2D eigenvalue weighted by atomic mass is 32.2. The van der Waals surface area contributed by atoms with Crippen LogP contribution in [-0.4, -0.2) is 23.5 Å². The quantitative estimate of drug-likeness (QED) is 0.188. The molecule has 0 saturated carbocycles. The van der Waals surface area contributed by atoms with E-state index in [0.717, 1.165) is 11.6 Å². The first-order chi connectivity index (χ1) is 17.8. The maximum atomic E-state index is 14.2. The molecule has 6 nitrogen and oxygen atoms in total. The lowest BCUT2D eigenvalue weighted by Gasteiger charge is -2.14. The van der Waals surface area contributed by atoms with Crippen LogP contribution in [0.2, 0.25) is 0 Å². The van der Waals surface area contributed by atoms with Gasteiger partial charge in [0, 0.05) is 28.2 Å². The highest BCUT2D eigenvalue weighted by Crippen LogP contribution is 2.47. The van der Waals surface area contributed by atoms with E-state index < -0.39 is 16.0 Å². The van der Waals surface area contributed by atoms with Gasteiger partial charge in [-0.2, -0.15) is 11.3 Å². The van der Waals surface area contributed by atoms with Gasteiger partial charge in [-0.1, -0.05) is 60.2 Å². The zero-order chi connectivity index (χ0) is 26.2. The summed E-state index contributed by atoms with van der Waals surface area (Å²) in [6.07, 6.45) is 2.50. The van der Waals surface area contributed by atoms with Crippen LogP contribution in [0.5, 0.6) is 0 Å². The topological polar surface area (TPSA) is 80.7 Å². The van der Waals surface area contributed by atoms with E-state index in [1.54, 1.807) is 60.7 Å². The second-order valence-electron chi connectivity index (χ2n) is 8.37. The van der Waals surface area contributed by atoms with Gasteiger partial charge in [-0.3, -0.25) is 0 Å². The third-order valence-corrected chi connectivity index (χ3v) is 8.52. The number of carboxylic acid groups (broad SMARTS) is 1. The molecule has 0 aliphatic carbocycles. The summed E-state index contributed by atoms with van der Waals surface area (Å²) in [5.41, 5.74) is 4.31. The van der Waals surface area contributed by atoms with E-state index in [9.17, 15) is 13.2 Å². The normalized spacial score (nSPS) is 11.7. The molecule has 0 bridgehead atoms. The molecule has 0 aliphatic rings. The Labute approximate surface area is 218 Å². The number of para-hydroxylation sites is 1. The standard InChI is InChI=1S/C29H20N2O4S2/c1-19-10-13-22(14-11-19)37(34,35)31-25-9-4-3-8-23(25)27(24-16-17-36-29(24)30-2)28(31)21-7-5-6-20(18-21)12-15-26(32)33/h3-18H,1H3,(H,32,33)/b15-12+. The first-order valence-corrected chi connectivity index (χ1v) is 13.6. The molecule has 182 valence electrons. The van der Waals surface area contributed by atoms with Gasteiger partial charge in [-0.15, -0.1) is 0 Å². The van der Waals surface area contributed by atoms with Gasteiger partial charge in [-0.05, 0) is 48.2 Å². The largest absolute Gasteiger partial charge is 0.478 e. The fraction of sp³-hybridized carbons (Fsp3) is 0.0345. The zero-order valence-electron chi connectivity index (χ0n) is 19.6. The predicted molar refractivity (Wildman–Crippen MR) is 147 cm³/mol. The van der Waals surface area contributed by atoms with E-state index in [1.165, 1.54) is 21.4 Å². The smallest absolute Gasteiger partial charge is 0.328 e. The van der Waals surface area contributed by atoms with E-state index in [-0.39, 0.29) is 4.90 Å². The summed E-state index contributed by atoms with van der Waals surface area (Å²) in [5, 5.41) is 12.1. The zero-order valence-corrected chi connectivity index (χ0v) is 21.3. The molecule has 8 heteroatoms. The van der Waals surface area contributed by atoms with Gasteiger partial charge in [0.2, 0.25) is 5.00 Å². The number of thiophene rings is 1. The molecule has 0 aliphatic heterocycles. The number of hydrogen-bond donors (Lipinski definition) is 1. The minimum Gasteiger partial charge on any atom is -0.478 e.